The predicted octanol–water partition coefficient (Wildman–Crippen LogP) is 1.24. The Labute approximate surface area is 121 Å². The molecule has 3 N–H and O–H groups in total. The van der Waals surface area contributed by atoms with E-state index < -0.39 is 24.9 Å². The standard InChI is InChI=1S/C15H30O5/c1-2-3-4-5-6-7-8-9-19-13-11-20-15(14(13)18)12(17)10-16/h12-18H,2-11H2,1H3/t12-,13+,14-,15-/m1/s1. The van der Waals surface area contributed by atoms with Gasteiger partial charge in [0.05, 0.1) is 13.2 Å². The highest BCUT2D eigenvalue weighted by Gasteiger charge is 2.40. The average molecular weight is 290 g/mol. The molecule has 1 fully saturated rings. The van der Waals surface area contributed by atoms with Crippen LogP contribution in [0.25, 0.3) is 0 Å². The van der Waals surface area contributed by atoms with Crippen molar-refractivity contribution in [2.24, 2.45) is 0 Å². The molecule has 1 aliphatic rings. The second-order valence-corrected chi connectivity index (χ2v) is 5.57. The molecule has 1 heterocycles. The molecule has 5 heteroatoms. The van der Waals surface area contributed by atoms with Gasteiger partial charge in [0.2, 0.25) is 0 Å². The molecule has 0 aliphatic carbocycles. The Kier molecular flexibility index (Phi) is 9.39. The maximum Gasteiger partial charge on any atom is 0.114 e. The highest BCUT2D eigenvalue weighted by Crippen LogP contribution is 2.20. The third kappa shape index (κ3) is 6.06. The summed E-state index contributed by atoms with van der Waals surface area (Å²) in [6.07, 6.45) is 5.53. The summed E-state index contributed by atoms with van der Waals surface area (Å²) >= 11 is 0. The fraction of sp³-hybridized carbons (Fsp3) is 1.00. The van der Waals surface area contributed by atoms with Crippen molar-refractivity contribution in [3.63, 3.8) is 0 Å². The van der Waals surface area contributed by atoms with Gasteiger partial charge in [-0.15, -0.1) is 0 Å². The Hall–Kier alpha value is -0.200. The SMILES string of the molecule is CCCCCCCCCO[C@H]1CO[C@H]([C@H](O)CO)[C@@H]1O. The predicted molar refractivity (Wildman–Crippen MR) is 76.6 cm³/mol. The summed E-state index contributed by atoms with van der Waals surface area (Å²) in [5, 5.41) is 28.2. The first-order valence-corrected chi connectivity index (χ1v) is 7.90. The van der Waals surface area contributed by atoms with Gasteiger partial charge < -0.3 is 24.8 Å². The summed E-state index contributed by atoms with van der Waals surface area (Å²) in [6, 6.07) is 0. The Morgan fingerprint density at radius 2 is 1.80 bits per heavy atom. The first-order chi connectivity index (χ1) is 9.70. The molecule has 120 valence electrons. The topological polar surface area (TPSA) is 79.2 Å². The van der Waals surface area contributed by atoms with Crippen molar-refractivity contribution < 1.29 is 24.8 Å². The number of hydrogen-bond donors (Lipinski definition) is 3. The second-order valence-electron chi connectivity index (χ2n) is 5.57. The van der Waals surface area contributed by atoms with E-state index in [1.54, 1.807) is 0 Å². The van der Waals surface area contributed by atoms with Crippen LogP contribution in [0.15, 0.2) is 0 Å². The Morgan fingerprint density at radius 1 is 1.15 bits per heavy atom. The minimum absolute atomic E-state index is 0.277. The quantitative estimate of drug-likeness (QED) is 0.499. The van der Waals surface area contributed by atoms with E-state index >= 15 is 0 Å². The maximum absolute atomic E-state index is 9.93. The van der Waals surface area contributed by atoms with Gasteiger partial charge in [-0.2, -0.15) is 0 Å². The summed E-state index contributed by atoms with van der Waals surface area (Å²) in [5.74, 6) is 0. The fourth-order valence-electron chi connectivity index (χ4n) is 2.50. The van der Waals surface area contributed by atoms with E-state index in [4.69, 9.17) is 14.6 Å². The van der Waals surface area contributed by atoms with Crippen molar-refractivity contribution in [2.45, 2.75) is 76.3 Å². The molecule has 0 saturated carbocycles. The van der Waals surface area contributed by atoms with Crippen LogP contribution >= 0.6 is 0 Å². The third-order valence-corrected chi connectivity index (χ3v) is 3.82. The van der Waals surface area contributed by atoms with Crippen LogP contribution in [-0.4, -0.2) is 59.6 Å². The number of aliphatic hydroxyl groups is 3. The lowest BCUT2D eigenvalue weighted by Crippen LogP contribution is -2.41. The number of rotatable bonds is 11. The summed E-state index contributed by atoms with van der Waals surface area (Å²) in [4.78, 5) is 0. The smallest absolute Gasteiger partial charge is 0.114 e. The van der Waals surface area contributed by atoms with Gasteiger partial charge in [-0.05, 0) is 6.42 Å². The zero-order valence-corrected chi connectivity index (χ0v) is 12.5. The van der Waals surface area contributed by atoms with Gasteiger partial charge in [0.25, 0.3) is 0 Å². The van der Waals surface area contributed by atoms with Crippen molar-refractivity contribution in [3.8, 4) is 0 Å². The fourth-order valence-corrected chi connectivity index (χ4v) is 2.50. The van der Waals surface area contributed by atoms with Crippen molar-refractivity contribution >= 4 is 0 Å². The van der Waals surface area contributed by atoms with Gasteiger partial charge in [-0.1, -0.05) is 45.4 Å². The molecule has 1 aliphatic heterocycles. The highest BCUT2D eigenvalue weighted by molar-refractivity contribution is 4.88. The van der Waals surface area contributed by atoms with E-state index in [1.807, 2.05) is 0 Å². The van der Waals surface area contributed by atoms with Crippen molar-refractivity contribution in [1.29, 1.82) is 0 Å². The third-order valence-electron chi connectivity index (χ3n) is 3.82. The molecule has 20 heavy (non-hydrogen) atoms. The molecular formula is C15H30O5. The first-order valence-electron chi connectivity index (χ1n) is 7.90. The van der Waals surface area contributed by atoms with E-state index in [0.29, 0.717) is 6.61 Å². The van der Waals surface area contributed by atoms with Gasteiger partial charge in [-0.3, -0.25) is 0 Å². The molecule has 5 nitrogen and oxygen atoms in total. The molecular weight excluding hydrogens is 260 g/mol. The van der Waals surface area contributed by atoms with Gasteiger partial charge in [0.15, 0.2) is 0 Å². The van der Waals surface area contributed by atoms with Crippen LogP contribution in [0.5, 0.6) is 0 Å². The van der Waals surface area contributed by atoms with Crippen LogP contribution in [0.2, 0.25) is 0 Å². The van der Waals surface area contributed by atoms with E-state index in [-0.39, 0.29) is 12.7 Å². The largest absolute Gasteiger partial charge is 0.394 e. The summed E-state index contributed by atoms with van der Waals surface area (Å²) in [6.45, 7) is 2.69. The lowest BCUT2D eigenvalue weighted by Gasteiger charge is -2.20. The lowest BCUT2D eigenvalue weighted by atomic mass is 10.1. The summed E-state index contributed by atoms with van der Waals surface area (Å²) in [5.41, 5.74) is 0. The number of unbranched alkanes of at least 4 members (excludes halogenated alkanes) is 6. The zero-order chi connectivity index (χ0) is 14.8. The van der Waals surface area contributed by atoms with Gasteiger partial charge in [0.1, 0.15) is 24.4 Å². The number of aliphatic hydroxyl groups excluding tert-OH is 3. The molecule has 1 rings (SSSR count). The van der Waals surface area contributed by atoms with Crippen molar-refractivity contribution in [1.82, 2.24) is 0 Å². The van der Waals surface area contributed by atoms with Crippen molar-refractivity contribution in [3.05, 3.63) is 0 Å². The van der Waals surface area contributed by atoms with E-state index in [1.165, 1.54) is 32.1 Å². The molecule has 0 aromatic heterocycles. The highest BCUT2D eigenvalue weighted by atomic mass is 16.6. The summed E-state index contributed by atoms with van der Waals surface area (Å²) in [7, 11) is 0. The Bertz CT molecular complexity index is 236. The Morgan fingerprint density at radius 3 is 2.45 bits per heavy atom. The second kappa shape index (κ2) is 10.5. The van der Waals surface area contributed by atoms with Gasteiger partial charge >= 0.3 is 0 Å². The van der Waals surface area contributed by atoms with Crippen LogP contribution in [0, 0.1) is 0 Å². The van der Waals surface area contributed by atoms with Crippen molar-refractivity contribution in [2.75, 3.05) is 19.8 Å². The normalized spacial score (nSPS) is 27.9. The van der Waals surface area contributed by atoms with Crippen LogP contribution < -0.4 is 0 Å². The zero-order valence-electron chi connectivity index (χ0n) is 12.5. The van der Waals surface area contributed by atoms with E-state index in [0.717, 1.165) is 12.8 Å². The maximum atomic E-state index is 9.93. The molecule has 1 saturated heterocycles. The minimum Gasteiger partial charge on any atom is -0.394 e. The molecule has 0 amide bonds. The van der Waals surface area contributed by atoms with Crippen LogP contribution in [0.3, 0.4) is 0 Å². The van der Waals surface area contributed by atoms with E-state index in [9.17, 15) is 10.2 Å². The van der Waals surface area contributed by atoms with Gasteiger partial charge in [-0.25, -0.2) is 0 Å². The average Bonchev–Trinajstić information content (AvgIpc) is 2.82. The summed E-state index contributed by atoms with van der Waals surface area (Å²) < 4.78 is 10.9. The molecule has 0 bridgehead atoms. The molecule has 0 radical (unpaired) electrons. The lowest BCUT2D eigenvalue weighted by molar-refractivity contribution is -0.0730. The molecule has 4 atom stereocenters. The van der Waals surface area contributed by atoms with Crippen LogP contribution in [0.1, 0.15) is 51.9 Å². The Balaban J connectivity index is 2.03. The monoisotopic (exact) mass is 290 g/mol. The minimum atomic E-state index is -1.04. The first kappa shape index (κ1) is 17.9. The number of hydrogen-bond acceptors (Lipinski definition) is 5. The van der Waals surface area contributed by atoms with E-state index in [2.05, 4.69) is 6.92 Å². The van der Waals surface area contributed by atoms with Crippen LogP contribution in [-0.2, 0) is 9.47 Å². The molecule has 0 aromatic carbocycles. The van der Waals surface area contributed by atoms with Crippen LogP contribution in [0.4, 0.5) is 0 Å². The van der Waals surface area contributed by atoms with Gasteiger partial charge in [0, 0.05) is 6.61 Å². The molecule has 0 aromatic rings. The molecule has 0 spiro atoms. The molecule has 0 unspecified atom stereocenters. The number of ether oxygens (including phenoxy) is 2.